The van der Waals surface area contributed by atoms with Gasteiger partial charge < -0.3 is 10.4 Å². The quantitative estimate of drug-likeness (QED) is 0.858. The summed E-state index contributed by atoms with van der Waals surface area (Å²) in [6.45, 7) is 0. The van der Waals surface area contributed by atoms with Gasteiger partial charge in [0.15, 0.2) is 0 Å². The van der Waals surface area contributed by atoms with Gasteiger partial charge in [-0.3, -0.25) is 14.4 Å². The molecule has 1 aromatic rings. The summed E-state index contributed by atoms with van der Waals surface area (Å²) < 4.78 is 0. The number of hydrogen-bond donors (Lipinski definition) is 2. The summed E-state index contributed by atoms with van der Waals surface area (Å²) in [5.74, 6) is -1.54. The first-order valence-electron chi connectivity index (χ1n) is 6.42. The van der Waals surface area contributed by atoms with Crippen molar-refractivity contribution in [1.82, 2.24) is 5.01 Å². The van der Waals surface area contributed by atoms with Crippen LogP contribution < -0.4 is 5.32 Å². The Hall–Kier alpha value is -2.70. The Morgan fingerprint density at radius 1 is 1.33 bits per heavy atom. The lowest BCUT2D eigenvalue weighted by Gasteiger charge is -2.19. The van der Waals surface area contributed by atoms with Crippen molar-refractivity contribution in [3.63, 3.8) is 0 Å². The second-order valence-corrected chi connectivity index (χ2v) is 4.65. The average molecular weight is 289 g/mol. The van der Waals surface area contributed by atoms with Crippen molar-refractivity contribution in [2.75, 3.05) is 12.4 Å². The Kier molecular flexibility index (Phi) is 4.32. The summed E-state index contributed by atoms with van der Waals surface area (Å²) in [7, 11) is 1.49. The number of rotatable bonds is 4. The number of para-hydroxylation sites is 1. The minimum absolute atomic E-state index is 0.141. The lowest BCUT2D eigenvalue weighted by atomic mass is 10.1. The minimum Gasteiger partial charge on any atom is -0.481 e. The summed E-state index contributed by atoms with van der Waals surface area (Å²) >= 11 is 0. The van der Waals surface area contributed by atoms with E-state index in [-0.39, 0.29) is 30.9 Å². The molecule has 0 aliphatic carbocycles. The predicted octanol–water partition coefficient (Wildman–Crippen LogP) is 0.860. The largest absolute Gasteiger partial charge is 0.481 e. The van der Waals surface area contributed by atoms with Gasteiger partial charge in [0.25, 0.3) is 5.91 Å². The van der Waals surface area contributed by atoms with Crippen LogP contribution in [0.3, 0.4) is 0 Å². The molecular weight excluding hydrogens is 274 g/mol. The summed E-state index contributed by atoms with van der Waals surface area (Å²) in [4.78, 5) is 34.3. The highest BCUT2D eigenvalue weighted by molar-refractivity contribution is 6.43. The van der Waals surface area contributed by atoms with E-state index in [1.165, 1.54) is 7.05 Å². The Bertz CT molecular complexity index is 624. The van der Waals surface area contributed by atoms with Gasteiger partial charge in [-0.25, -0.2) is 5.01 Å². The van der Waals surface area contributed by atoms with E-state index < -0.39 is 11.9 Å². The third kappa shape index (κ3) is 3.65. The first-order chi connectivity index (χ1) is 9.97. The molecule has 7 heteroatoms. The fraction of sp³-hybridized carbons (Fsp3) is 0.286. The maximum atomic E-state index is 12.1. The number of carboxylic acid groups (broad SMARTS) is 1. The predicted molar refractivity (Wildman–Crippen MR) is 75.9 cm³/mol. The van der Waals surface area contributed by atoms with Crippen molar-refractivity contribution in [3.8, 4) is 0 Å². The first kappa shape index (κ1) is 14.7. The van der Waals surface area contributed by atoms with Crippen molar-refractivity contribution in [2.45, 2.75) is 19.3 Å². The molecule has 21 heavy (non-hydrogen) atoms. The number of hydrogen-bond acceptors (Lipinski definition) is 4. The number of anilines is 1. The van der Waals surface area contributed by atoms with E-state index in [4.69, 9.17) is 5.11 Å². The molecular formula is C14H15N3O4. The van der Waals surface area contributed by atoms with Crippen molar-refractivity contribution in [3.05, 3.63) is 29.8 Å². The summed E-state index contributed by atoms with van der Waals surface area (Å²) in [5.41, 5.74) is 1.20. The van der Waals surface area contributed by atoms with Crippen LogP contribution in [0, 0.1) is 0 Å². The van der Waals surface area contributed by atoms with Crippen LogP contribution in [0.5, 0.6) is 0 Å². The van der Waals surface area contributed by atoms with E-state index in [1.807, 2.05) is 0 Å². The van der Waals surface area contributed by atoms with Crippen LogP contribution in [-0.4, -0.2) is 40.7 Å². The van der Waals surface area contributed by atoms with Gasteiger partial charge in [0.05, 0.1) is 6.42 Å². The maximum absolute atomic E-state index is 12.1. The van der Waals surface area contributed by atoms with Crippen LogP contribution >= 0.6 is 0 Å². The maximum Gasteiger partial charge on any atom is 0.307 e. The fourth-order valence-electron chi connectivity index (χ4n) is 1.99. The highest BCUT2D eigenvalue weighted by Gasteiger charge is 2.22. The summed E-state index contributed by atoms with van der Waals surface area (Å²) in [6, 6.07) is 6.69. The van der Waals surface area contributed by atoms with E-state index in [9.17, 15) is 14.4 Å². The molecule has 0 unspecified atom stereocenters. The topological polar surface area (TPSA) is 99.1 Å². The molecule has 0 fully saturated rings. The molecule has 1 heterocycles. The van der Waals surface area contributed by atoms with Gasteiger partial charge in [0.2, 0.25) is 5.91 Å². The number of nitrogens with one attached hydrogen (secondary N) is 1. The number of carbonyl (C=O) groups excluding carboxylic acids is 2. The molecule has 1 aliphatic rings. The zero-order valence-corrected chi connectivity index (χ0v) is 11.5. The standard InChI is InChI=1S/C14H15N3O4/c1-17-12(18)7-6-11(16-17)14(21)15-10-5-3-2-4-9(10)8-13(19)20/h2-5H,6-8H2,1H3,(H,15,21)(H,19,20). The average Bonchev–Trinajstić information content (AvgIpc) is 2.43. The molecule has 2 N–H and O–H groups in total. The second-order valence-electron chi connectivity index (χ2n) is 4.65. The van der Waals surface area contributed by atoms with Crippen LogP contribution in [0.2, 0.25) is 0 Å². The summed E-state index contributed by atoms with van der Waals surface area (Å²) in [5, 5.41) is 16.6. The number of amides is 2. The molecule has 0 spiro atoms. The number of hydrazone groups is 1. The van der Waals surface area contributed by atoms with Gasteiger partial charge in [0.1, 0.15) is 5.71 Å². The van der Waals surface area contributed by atoms with Crippen molar-refractivity contribution in [1.29, 1.82) is 0 Å². The smallest absolute Gasteiger partial charge is 0.307 e. The molecule has 110 valence electrons. The van der Waals surface area contributed by atoms with Crippen molar-refractivity contribution < 1.29 is 19.5 Å². The molecule has 0 saturated carbocycles. The van der Waals surface area contributed by atoms with Crippen LogP contribution in [0.15, 0.2) is 29.4 Å². The van der Waals surface area contributed by atoms with Crippen LogP contribution in [0.4, 0.5) is 5.69 Å². The number of aliphatic carboxylic acids is 1. The Morgan fingerprint density at radius 2 is 2.05 bits per heavy atom. The molecule has 0 aromatic heterocycles. The minimum atomic E-state index is -0.975. The number of carboxylic acids is 1. The van der Waals surface area contributed by atoms with E-state index in [2.05, 4.69) is 10.4 Å². The van der Waals surface area contributed by atoms with Gasteiger partial charge in [0, 0.05) is 25.6 Å². The molecule has 0 bridgehead atoms. The molecule has 0 atom stereocenters. The van der Waals surface area contributed by atoms with Gasteiger partial charge in [-0.2, -0.15) is 5.10 Å². The molecule has 7 nitrogen and oxygen atoms in total. The molecule has 2 amide bonds. The highest BCUT2D eigenvalue weighted by Crippen LogP contribution is 2.17. The van der Waals surface area contributed by atoms with Gasteiger partial charge in [-0.05, 0) is 11.6 Å². The van der Waals surface area contributed by atoms with E-state index in [1.54, 1.807) is 24.3 Å². The van der Waals surface area contributed by atoms with E-state index >= 15 is 0 Å². The number of nitrogens with zero attached hydrogens (tertiary/aromatic N) is 2. The molecule has 0 saturated heterocycles. The zero-order valence-electron chi connectivity index (χ0n) is 11.5. The zero-order chi connectivity index (χ0) is 15.4. The molecule has 0 radical (unpaired) electrons. The highest BCUT2D eigenvalue weighted by atomic mass is 16.4. The summed E-state index contributed by atoms with van der Waals surface area (Å²) in [6.07, 6.45) is 0.330. The normalized spacial score (nSPS) is 14.6. The SMILES string of the molecule is CN1N=C(C(=O)Nc2ccccc2CC(=O)O)CCC1=O. The Balaban J connectivity index is 2.15. The van der Waals surface area contributed by atoms with E-state index in [0.29, 0.717) is 11.3 Å². The van der Waals surface area contributed by atoms with Gasteiger partial charge in [-0.15, -0.1) is 0 Å². The third-order valence-corrected chi connectivity index (χ3v) is 3.08. The lowest BCUT2D eigenvalue weighted by Crippen LogP contribution is -2.34. The fourth-order valence-corrected chi connectivity index (χ4v) is 1.99. The Morgan fingerprint density at radius 3 is 2.71 bits per heavy atom. The molecule has 1 aliphatic heterocycles. The molecule has 2 rings (SSSR count). The monoisotopic (exact) mass is 289 g/mol. The third-order valence-electron chi connectivity index (χ3n) is 3.08. The van der Waals surface area contributed by atoms with E-state index in [0.717, 1.165) is 5.01 Å². The Labute approximate surface area is 121 Å². The van der Waals surface area contributed by atoms with Gasteiger partial charge >= 0.3 is 5.97 Å². The second kappa shape index (κ2) is 6.17. The number of benzene rings is 1. The first-order valence-corrected chi connectivity index (χ1v) is 6.42. The van der Waals surface area contributed by atoms with Crippen LogP contribution in [0.25, 0.3) is 0 Å². The van der Waals surface area contributed by atoms with Gasteiger partial charge in [-0.1, -0.05) is 18.2 Å². The van der Waals surface area contributed by atoms with Crippen molar-refractivity contribution in [2.24, 2.45) is 5.10 Å². The van der Waals surface area contributed by atoms with Crippen LogP contribution in [0.1, 0.15) is 18.4 Å². The van der Waals surface area contributed by atoms with Crippen LogP contribution in [-0.2, 0) is 20.8 Å². The van der Waals surface area contributed by atoms with Crippen molar-refractivity contribution >= 4 is 29.2 Å². The lowest BCUT2D eigenvalue weighted by molar-refractivity contribution is -0.136. The number of carbonyl (C=O) groups is 3. The molecule has 1 aromatic carbocycles.